The quantitative estimate of drug-likeness (QED) is 0.650. The highest BCUT2D eigenvalue weighted by Crippen LogP contribution is 2.37. The zero-order valence-electron chi connectivity index (χ0n) is 18.2. The van der Waals surface area contributed by atoms with Gasteiger partial charge in [-0.05, 0) is 36.6 Å². The summed E-state index contributed by atoms with van der Waals surface area (Å²) >= 11 is 0. The lowest BCUT2D eigenvalue weighted by Crippen LogP contribution is -2.54. The van der Waals surface area contributed by atoms with Gasteiger partial charge in [-0.2, -0.15) is 0 Å². The fourth-order valence-corrected chi connectivity index (χ4v) is 4.62. The third-order valence-corrected chi connectivity index (χ3v) is 6.28. The molecule has 1 unspecified atom stereocenters. The van der Waals surface area contributed by atoms with Crippen LogP contribution in [0.25, 0.3) is 0 Å². The molecule has 4 rings (SSSR count). The van der Waals surface area contributed by atoms with Crippen LogP contribution in [0.1, 0.15) is 48.0 Å². The lowest BCUT2D eigenvalue weighted by Gasteiger charge is -2.39. The van der Waals surface area contributed by atoms with Gasteiger partial charge < -0.3 is 16.4 Å². The molecule has 32 heavy (non-hydrogen) atoms. The van der Waals surface area contributed by atoms with Crippen molar-refractivity contribution in [3.8, 4) is 0 Å². The van der Waals surface area contributed by atoms with Crippen molar-refractivity contribution in [2.24, 2.45) is 11.7 Å². The van der Waals surface area contributed by atoms with Crippen molar-refractivity contribution < 1.29 is 14.4 Å². The van der Waals surface area contributed by atoms with Gasteiger partial charge in [-0.15, -0.1) is 0 Å². The molecule has 1 fully saturated rings. The van der Waals surface area contributed by atoms with Crippen LogP contribution in [0.2, 0.25) is 0 Å². The van der Waals surface area contributed by atoms with Crippen molar-refractivity contribution in [2.45, 2.75) is 44.6 Å². The van der Waals surface area contributed by atoms with E-state index < -0.39 is 6.04 Å². The number of nitrogens with zero attached hydrogens (tertiary/aromatic N) is 1. The molecule has 2 aromatic carbocycles. The van der Waals surface area contributed by atoms with Crippen LogP contribution in [0.5, 0.6) is 0 Å². The monoisotopic (exact) mass is 434 g/mol. The summed E-state index contributed by atoms with van der Waals surface area (Å²) in [7, 11) is 0. The largest absolute Gasteiger partial charge is 0.351 e. The lowest BCUT2D eigenvalue weighted by molar-refractivity contribution is -0.127. The van der Waals surface area contributed by atoms with Crippen molar-refractivity contribution in [3.05, 3.63) is 59.7 Å². The van der Waals surface area contributed by atoms with Crippen LogP contribution in [0, 0.1) is 5.92 Å². The Hall–Kier alpha value is -3.19. The van der Waals surface area contributed by atoms with Gasteiger partial charge >= 0.3 is 0 Å². The molecule has 1 aliphatic heterocycles. The zero-order chi connectivity index (χ0) is 22.5. The van der Waals surface area contributed by atoms with E-state index in [-0.39, 0.29) is 23.6 Å². The van der Waals surface area contributed by atoms with Crippen LogP contribution in [0.4, 0.5) is 11.4 Å². The van der Waals surface area contributed by atoms with E-state index in [1.165, 1.54) is 0 Å². The first-order valence-corrected chi connectivity index (χ1v) is 11.4. The Morgan fingerprint density at radius 1 is 1.06 bits per heavy atom. The maximum Gasteiger partial charge on any atom is 0.251 e. The first-order chi connectivity index (χ1) is 15.6. The summed E-state index contributed by atoms with van der Waals surface area (Å²) in [6, 6.07) is 14.2. The number of benzene rings is 2. The van der Waals surface area contributed by atoms with E-state index in [2.05, 4.69) is 10.6 Å². The van der Waals surface area contributed by atoms with Crippen LogP contribution >= 0.6 is 0 Å². The Kier molecular flexibility index (Phi) is 6.85. The van der Waals surface area contributed by atoms with Gasteiger partial charge in [0.15, 0.2) is 0 Å². The maximum absolute atomic E-state index is 13.7. The molecule has 0 bridgehead atoms. The molecular formula is C25H30N4O3. The smallest absolute Gasteiger partial charge is 0.251 e. The highest BCUT2D eigenvalue weighted by molar-refractivity contribution is 6.13. The predicted octanol–water partition coefficient (Wildman–Crippen LogP) is 2.85. The third kappa shape index (κ3) is 4.67. The zero-order valence-corrected chi connectivity index (χ0v) is 18.2. The second-order valence-corrected chi connectivity index (χ2v) is 8.51. The number of nitrogens with two attached hydrogens (primary N) is 1. The summed E-state index contributed by atoms with van der Waals surface area (Å²) in [6.07, 6.45) is 5.35. The SMILES string of the molecule is NCCNC(=O)c1ccc2c(c1)NC(=O)C(Cc1ccccc1)N2C(=O)C1CCCCC1. The molecule has 1 saturated carbocycles. The molecule has 1 heterocycles. The Morgan fingerprint density at radius 2 is 1.81 bits per heavy atom. The van der Waals surface area contributed by atoms with Gasteiger partial charge in [-0.1, -0.05) is 49.6 Å². The molecule has 0 saturated heterocycles. The highest BCUT2D eigenvalue weighted by Gasteiger charge is 2.40. The molecule has 2 aliphatic rings. The molecule has 1 aliphatic carbocycles. The summed E-state index contributed by atoms with van der Waals surface area (Å²) in [5, 5.41) is 5.67. The lowest BCUT2D eigenvalue weighted by atomic mass is 9.87. The second kappa shape index (κ2) is 9.96. The van der Waals surface area contributed by atoms with Crippen molar-refractivity contribution in [1.82, 2.24) is 5.32 Å². The minimum atomic E-state index is -0.628. The number of anilines is 2. The molecule has 0 radical (unpaired) electrons. The van der Waals surface area contributed by atoms with Crippen LogP contribution in [0.15, 0.2) is 48.5 Å². The van der Waals surface area contributed by atoms with E-state index in [1.807, 2.05) is 30.3 Å². The summed E-state index contributed by atoms with van der Waals surface area (Å²) in [5.74, 6) is -0.565. The number of fused-ring (bicyclic) bond motifs is 1. The van der Waals surface area contributed by atoms with Gasteiger partial charge in [-0.3, -0.25) is 19.3 Å². The van der Waals surface area contributed by atoms with E-state index in [9.17, 15) is 14.4 Å². The number of amides is 3. The van der Waals surface area contributed by atoms with E-state index in [0.29, 0.717) is 36.4 Å². The number of hydrogen-bond acceptors (Lipinski definition) is 4. The molecule has 3 amide bonds. The van der Waals surface area contributed by atoms with E-state index in [1.54, 1.807) is 23.1 Å². The standard InChI is InChI=1S/C25H30N4O3/c26-13-14-27-23(30)19-11-12-21-20(16-19)28-24(31)22(15-17-7-3-1-4-8-17)29(21)25(32)18-9-5-2-6-10-18/h1,3-4,7-8,11-12,16,18,22H,2,5-6,9-10,13-15,26H2,(H,27,30)(H,28,31). The minimum Gasteiger partial charge on any atom is -0.351 e. The van der Waals surface area contributed by atoms with Crippen molar-refractivity contribution in [3.63, 3.8) is 0 Å². The van der Waals surface area contributed by atoms with E-state index >= 15 is 0 Å². The third-order valence-electron chi connectivity index (χ3n) is 6.28. The summed E-state index contributed by atoms with van der Waals surface area (Å²) in [5.41, 5.74) is 8.02. The average Bonchev–Trinajstić information content (AvgIpc) is 2.83. The highest BCUT2D eigenvalue weighted by atomic mass is 16.2. The topological polar surface area (TPSA) is 105 Å². The molecule has 4 N–H and O–H groups in total. The van der Waals surface area contributed by atoms with Gasteiger partial charge in [0.2, 0.25) is 11.8 Å². The van der Waals surface area contributed by atoms with Gasteiger partial charge in [0.25, 0.3) is 5.91 Å². The van der Waals surface area contributed by atoms with Crippen LogP contribution in [-0.2, 0) is 16.0 Å². The normalized spacial score (nSPS) is 18.6. The first-order valence-electron chi connectivity index (χ1n) is 11.4. The van der Waals surface area contributed by atoms with Crippen molar-refractivity contribution >= 4 is 29.1 Å². The Morgan fingerprint density at radius 3 is 2.53 bits per heavy atom. The van der Waals surface area contributed by atoms with Crippen molar-refractivity contribution in [1.29, 1.82) is 0 Å². The number of rotatable bonds is 6. The molecule has 7 nitrogen and oxygen atoms in total. The fourth-order valence-electron chi connectivity index (χ4n) is 4.62. The Bertz CT molecular complexity index is 986. The fraction of sp³-hybridized carbons (Fsp3) is 0.400. The molecule has 168 valence electrons. The van der Waals surface area contributed by atoms with Crippen LogP contribution in [-0.4, -0.2) is 36.9 Å². The van der Waals surface area contributed by atoms with Gasteiger partial charge in [0.1, 0.15) is 6.04 Å². The van der Waals surface area contributed by atoms with Crippen LogP contribution in [0.3, 0.4) is 0 Å². The molecule has 0 aromatic heterocycles. The van der Waals surface area contributed by atoms with E-state index in [0.717, 1.165) is 37.7 Å². The average molecular weight is 435 g/mol. The van der Waals surface area contributed by atoms with Gasteiger partial charge in [0, 0.05) is 31.0 Å². The Labute approximate surface area is 188 Å². The van der Waals surface area contributed by atoms with Crippen molar-refractivity contribution in [2.75, 3.05) is 23.3 Å². The minimum absolute atomic E-state index is 0.00191. The number of carbonyl (C=O) groups is 3. The Balaban J connectivity index is 1.69. The molecule has 0 spiro atoms. The van der Waals surface area contributed by atoms with Crippen LogP contribution < -0.4 is 21.3 Å². The molecule has 2 aromatic rings. The van der Waals surface area contributed by atoms with E-state index in [4.69, 9.17) is 5.73 Å². The number of hydrogen-bond donors (Lipinski definition) is 3. The second-order valence-electron chi connectivity index (χ2n) is 8.51. The number of nitrogens with one attached hydrogen (secondary N) is 2. The van der Waals surface area contributed by atoms with Gasteiger partial charge in [0.05, 0.1) is 11.4 Å². The summed E-state index contributed by atoms with van der Waals surface area (Å²) in [4.78, 5) is 40.9. The summed E-state index contributed by atoms with van der Waals surface area (Å²) in [6.45, 7) is 0.714. The summed E-state index contributed by atoms with van der Waals surface area (Å²) < 4.78 is 0. The predicted molar refractivity (Wildman–Crippen MR) is 124 cm³/mol. The molecular weight excluding hydrogens is 404 g/mol. The molecule has 1 atom stereocenters. The number of carbonyl (C=O) groups excluding carboxylic acids is 3. The molecule has 7 heteroatoms. The first kappa shape index (κ1) is 22.0. The van der Waals surface area contributed by atoms with Gasteiger partial charge in [-0.25, -0.2) is 0 Å². The maximum atomic E-state index is 13.7.